The largest absolute Gasteiger partial charge is 0.390 e. The molecule has 5 atom stereocenters. The molecule has 0 aromatic heterocycles. The molecule has 0 amide bonds. The quantitative estimate of drug-likeness (QED) is 0.562. The van der Waals surface area contributed by atoms with Crippen LogP contribution in [0.1, 0.15) is 32.1 Å². The summed E-state index contributed by atoms with van der Waals surface area (Å²) in [6.07, 6.45) is 5.62. The molecule has 0 radical (unpaired) electrons. The zero-order valence-corrected chi connectivity index (χ0v) is 7.37. The topological polar surface area (TPSA) is 46.2 Å². The highest BCUT2D eigenvalue weighted by Crippen LogP contribution is 2.54. The maximum atomic E-state index is 10.2. The van der Waals surface area contributed by atoms with Crippen LogP contribution in [0.2, 0.25) is 0 Å². The molecule has 4 rings (SSSR count). The minimum atomic E-state index is -0.299. The van der Waals surface area contributed by atoms with E-state index in [2.05, 4.69) is 0 Å². The molecule has 2 heteroatoms. The van der Waals surface area contributed by atoms with Crippen molar-refractivity contribution in [1.29, 1.82) is 0 Å². The van der Waals surface area contributed by atoms with Gasteiger partial charge in [-0.2, -0.15) is 0 Å². The third-order valence-electron chi connectivity index (χ3n) is 4.31. The van der Waals surface area contributed by atoms with Gasteiger partial charge < -0.3 is 10.8 Å². The molecule has 3 N–H and O–H groups in total. The summed E-state index contributed by atoms with van der Waals surface area (Å²) in [4.78, 5) is 0. The first-order valence-corrected chi connectivity index (χ1v) is 5.14. The minimum Gasteiger partial charge on any atom is -0.390 e. The first-order chi connectivity index (χ1) is 5.66. The molecule has 4 saturated carbocycles. The van der Waals surface area contributed by atoms with Crippen molar-refractivity contribution in [3.63, 3.8) is 0 Å². The zero-order valence-electron chi connectivity index (χ0n) is 7.37. The van der Waals surface area contributed by atoms with Gasteiger partial charge in [-0.1, -0.05) is 0 Å². The van der Waals surface area contributed by atoms with E-state index in [0.717, 1.165) is 25.2 Å². The highest BCUT2D eigenvalue weighted by molar-refractivity contribution is 5.06. The van der Waals surface area contributed by atoms with E-state index >= 15 is 0 Å². The maximum absolute atomic E-state index is 10.2. The Morgan fingerprint density at radius 1 is 1.08 bits per heavy atom. The molecule has 4 aliphatic rings. The van der Waals surface area contributed by atoms with Gasteiger partial charge in [0.2, 0.25) is 0 Å². The lowest BCUT2D eigenvalue weighted by molar-refractivity contribution is -0.132. The number of rotatable bonds is 0. The molecule has 4 bridgehead atoms. The van der Waals surface area contributed by atoms with Gasteiger partial charge in [-0.05, 0) is 49.9 Å². The van der Waals surface area contributed by atoms with Crippen LogP contribution >= 0.6 is 0 Å². The molecule has 0 heterocycles. The van der Waals surface area contributed by atoms with Crippen LogP contribution in [0, 0.1) is 17.8 Å². The van der Waals surface area contributed by atoms with Crippen LogP contribution < -0.4 is 5.73 Å². The predicted octanol–water partition coefficient (Wildman–Crippen LogP) is 0.885. The summed E-state index contributed by atoms with van der Waals surface area (Å²) in [5.41, 5.74) is 5.82. The van der Waals surface area contributed by atoms with Gasteiger partial charge in [-0.3, -0.25) is 0 Å². The highest BCUT2D eigenvalue weighted by atomic mass is 16.3. The molecule has 68 valence electrons. The van der Waals surface area contributed by atoms with Gasteiger partial charge in [0.1, 0.15) is 0 Å². The van der Waals surface area contributed by atoms with Crippen molar-refractivity contribution in [2.45, 2.75) is 43.7 Å². The summed E-state index contributed by atoms with van der Waals surface area (Å²) in [5.74, 6) is 2.08. The summed E-state index contributed by atoms with van der Waals surface area (Å²) in [6, 6.07) is 0.404. The maximum Gasteiger partial charge on any atom is 0.0657 e. The Labute approximate surface area is 73.1 Å². The molecule has 0 aliphatic heterocycles. The summed E-state index contributed by atoms with van der Waals surface area (Å²) < 4.78 is 0. The van der Waals surface area contributed by atoms with Gasteiger partial charge in [0.05, 0.1) is 5.60 Å². The fourth-order valence-corrected chi connectivity index (χ4v) is 4.02. The summed E-state index contributed by atoms with van der Waals surface area (Å²) in [7, 11) is 0. The standard InChI is InChI=1S/C10H17NO/c11-9-7-1-6-2-8(9)5-10(12,3-6)4-7/h6-9,12H,1-5,11H2/t6?,7-,8+,9?,10?. The molecule has 12 heavy (non-hydrogen) atoms. The van der Waals surface area contributed by atoms with Gasteiger partial charge in [0.15, 0.2) is 0 Å². The van der Waals surface area contributed by atoms with Crippen molar-refractivity contribution in [2.75, 3.05) is 0 Å². The van der Waals surface area contributed by atoms with E-state index in [9.17, 15) is 5.11 Å². The molecule has 4 aliphatic carbocycles. The second kappa shape index (κ2) is 2.05. The van der Waals surface area contributed by atoms with Crippen molar-refractivity contribution in [3.8, 4) is 0 Å². The second-order valence-electron chi connectivity index (χ2n) is 5.27. The molecular formula is C10H17NO. The first-order valence-electron chi connectivity index (χ1n) is 5.14. The fourth-order valence-electron chi connectivity index (χ4n) is 4.02. The van der Waals surface area contributed by atoms with Crippen molar-refractivity contribution in [2.24, 2.45) is 23.5 Å². The van der Waals surface area contributed by atoms with Crippen LogP contribution in [0.5, 0.6) is 0 Å². The monoisotopic (exact) mass is 167 g/mol. The number of nitrogens with two attached hydrogens (primary N) is 1. The lowest BCUT2D eigenvalue weighted by Crippen LogP contribution is -2.59. The average Bonchev–Trinajstić information content (AvgIpc) is 1.96. The van der Waals surface area contributed by atoms with E-state index in [1.165, 1.54) is 12.8 Å². The predicted molar refractivity (Wildman–Crippen MR) is 46.5 cm³/mol. The number of hydrogen-bond acceptors (Lipinski definition) is 2. The van der Waals surface area contributed by atoms with Crippen LogP contribution in [0.25, 0.3) is 0 Å². The Bertz CT molecular complexity index is 200. The Balaban J connectivity index is 1.95. The van der Waals surface area contributed by atoms with Gasteiger partial charge >= 0.3 is 0 Å². The molecule has 4 fully saturated rings. The van der Waals surface area contributed by atoms with E-state index in [0.29, 0.717) is 17.9 Å². The lowest BCUT2D eigenvalue weighted by atomic mass is 9.52. The Kier molecular flexibility index (Phi) is 1.25. The van der Waals surface area contributed by atoms with Crippen LogP contribution in [-0.2, 0) is 0 Å². The van der Waals surface area contributed by atoms with Crippen molar-refractivity contribution in [1.82, 2.24) is 0 Å². The van der Waals surface area contributed by atoms with Crippen LogP contribution in [0.4, 0.5) is 0 Å². The number of aliphatic hydroxyl groups is 1. The van der Waals surface area contributed by atoms with Crippen LogP contribution in [0.3, 0.4) is 0 Å². The van der Waals surface area contributed by atoms with E-state index in [1.807, 2.05) is 0 Å². The van der Waals surface area contributed by atoms with Crippen LogP contribution in [0.15, 0.2) is 0 Å². The Hall–Kier alpha value is -0.0800. The third kappa shape index (κ3) is 0.826. The minimum absolute atomic E-state index is 0.299. The normalized spacial score (nSPS) is 62.5. The smallest absolute Gasteiger partial charge is 0.0657 e. The first kappa shape index (κ1) is 7.34. The van der Waals surface area contributed by atoms with E-state index in [1.54, 1.807) is 0 Å². The van der Waals surface area contributed by atoms with Crippen molar-refractivity contribution < 1.29 is 5.11 Å². The molecule has 0 aromatic rings. The van der Waals surface area contributed by atoms with Crippen LogP contribution in [-0.4, -0.2) is 16.7 Å². The zero-order chi connectivity index (χ0) is 8.34. The average molecular weight is 167 g/mol. The molecular weight excluding hydrogens is 150 g/mol. The van der Waals surface area contributed by atoms with Gasteiger partial charge in [0.25, 0.3) is 0 Å². The SMILES string of the molecule is NC1[C@@H]2CC3C[C@H]1CC(O)(C3)C2. The van der Waals surface area contributed by atoms with Crippen molar-refractivity contribution in [3.05, 3.63) is 0 Å². The van der Waals surface area contributed by atoms with E-state index < -0.39 is 0 Å². The molecule has 3 unspecified atom stereocenters. The fraction of sp³-hybridized carbons (Fsp3) is 1.00. The highest BCUT2D eigenvalue weighted by Gasteiger charge is 2.53. The Morgan fingerprint density at radius 2 is 1.67 bits per heavy atom. The molecule has 2 nitrogen and oxygen atoms in total. The summed E-state index contributed by atoms with van der Waals surface area (Å²) in [6.45, 7) is 0. The van der Waals surface area contributed by atoms with E-state index in [4.69, 9.17) is 5.73 Å². The summed E-state index contributed by atoms with van der Waals surface area (Å²) >= 11 is 0. The van der Waals surface area contributed by atoms with E-state index in [-0.39, 0.29) is 5.60 Å². The lowest BCUT2D eigenvalue weighted by Gasteiger charge is -2.57. The molecule has 0 spiro atoms. The van der Waals surface area contributed by atoms with Gasteiger partial charge in [0, 0.05) is 6.04 Å². The Morgan fingerprint density at radius 3 is 2.17 bits per heavy atom. The second-order valence-corrected chi connectivity index (χ2v) is 5.27. The number of hydrogen-bond donors (Lipinski definition) is 2. The molecule has 0 saturated heterocycles. The molecule has 0 aromatic carbocycles. The van der Waals surface area contributed by atoms with Gasteiger partial charge in [-0.15, -0.1) is 0 Å². The van der Waals surface area contributed by atoms with Crippen molar-refractivity contribution >= 4 is 0 Å². The third-order valence-corrected chi connectivity index (χ3v) is 4.31. The van der Waals surface area contributed by atoms with Gasteiger partial charge in [-0.25, -0.2) is 0 Å². The summed E-state index contributed by atoms with van der Waals surface area (Å²) in [5, 5.41) is 10.2.